The van der Waals surface area contributed by atoms with Crippen molar-refractivity contribution in [1.29, 1.82) is 5.26 Å². The third-order valence-corrected chi connectivity index (χ3v) is 7.55. The van der Waals surface area contributed by atoms with E-state index in [-0.39, 0.29) is 17.0 Å². The molecule has 6 nitrogen and oxygen atoms in total. The molecule has 3 heterocycles. The number of thiazole rings is 1. The van der Waals surface area contributed by atoms with Crippen LogP contribution in [-0.4, -0.2) is 41.7 Å². The summed E-state index contributed by atoms with van der Waals surface area (Å²) >= 11 is 2.78. The second-order valence-corrected chi connectivity index (χ2v) is 10.5. The third kappa shape index (κ3) is 4.86. The van der Waals surface area contributed by atoms with Gasteiger partial charge in [0.15, 0.2) is 5.57 Å². The topological polar surface area (TPSA) is 75.3 Å². The summed E-state index contributed by atoms with van der Waals surface area (Å²) in [6.07, 6.45) is 1.83. The van der Waals surface area contributed by atoms with Crippen LogP contribution in [0.25, 0.3) is 17.3 Å². The molecule has 0 bridgehead atoms. The van der Waals surface area contributed by atoms with Gasteiger partial charge in [0, 0.05) is 22.8 Å². The predicted molar refractivity (Wildman–Crippen MR) is 132 cm³/mol. The van der Waals surface area contributed by atoms with Crippen LogP contribution < -0.4 is 14.8 Å². The highest BCUT2D eigenvalue weighted by atomic mass is 32.1. The lowest BCUT2D eigenvalue weighted by molar-refractivity contribution is -0.128. The average molecular weight is 480 g/mol. The molecule has 0 N–H and O–H groups in total. The quantitative estimate of drug-likeness (QED) is 0.577. The molecule has 1 aromatic carbocycles. The number of carbonyl (C=O) groups is 1. The Hall–Kier alpha value is -2.99. The summed E-state index contributed by atoms with van der Waals surface area (Å²) in [4.78, 5) is 30.5. The van der Waals surface area contributed by atoms with Gasteiger partial charge in [0.1, 0.15) is 10.7 Å². The Kier molecular flexibility index (Phi) is 6.94. The Labute approximate surface area is 200 Å². The summed E-state index contributed by atoms with van der Waals surface area (Å²) in [5.74, 6) is -0.0130. The molecule has 1 saturated heterocycles. The van der Waals surface area contributed by atoms with Crippen LogP contribution in [0.4, 0.5) is 0 Å². The number of aryl methyl sites for hydroxylation is 1. The lowest BCUT2D eigenvalue weighted by atomic mass is 10.0. The Balaban J connectivity index is 1.96. The summed E-state index contributed by atoms with van der Waals surface area (Å²) in [7, 11) is 0. The number of nitrogens with zero attached hydrogens (tertiary/aromatic N) is 3. The van der Waals surface area contributed by atoms with Crippen LogP contribution in [0.2, 0.25) is 0 Å². The van der Waals surface area contributed by atoms with Gasteiger partial charge in [-0.3, -0.25) is 14.2 Å². The fourth-order valence-electron chi connectivity index (χ4n) is 3.66. The molecule has 1 aliphatic rings. The van der Waals surface area contributed by atoms with Crippen molar-refractivity contribution in [2.45, 2.75) is 26.7 Å². The number of hydrogen-bond acceptors (Lipinski definition) is 6. The van der Waals surface area contributed by atoms with E-state index in [1.165, 1.54) is 15.9 Å². The zero-order valence-electron chi connectivity index (χ0n) is 18.8. The summed E-state index contributed by atoms with van der Waals surface area (Å²) in [6, 6.07) is 13.8. The fourth-order valence-corrected chi connectivity index (χ4v) is 5.65. The van der Waals surface area contributed by atoms with E-state index in [1.54, 1.807) is 16.2 Å². The lowest BCUT2D eigenvalue weighted by Gasteiger charge is -2.26. The standard InChI is InChI=1S/C25H25N3O3S2/c1-16(2)18-5-7-19(8-6-18)28-24(30)22(14-20-9-4-17(3)32-20)33-25(28)21(15-26)23(29)27-10-12-31-13-11-27/h4-9,14,16H,10-13H2,1-3H3/b22-14+,25-21-. The van der Waals surface area contributed by atoms with Gasteiger partial charge >= 0.3 is 0 Å². The minimum atomic E-state index is -0.367. The first-order valence-electron chi connectivity index (χ1n) is 10.8. The normalized spacial score (nSPS) is 15.6. The number of rotatable bonds is 4. The Morgan fingerprint density at radius 2 is 1.82 bits per heavy atom. The van der Waals surface area contributed by atoms with Crippen LogP contribution in [0.5, 0.6) is 0 Å². The van der Waals surface area contributed by atoms with Crippen molar-refractivity contribution < 1.29 is 9.53 Å². The molecule has 2 aromatic heterocycles. The van der Waals surface area contributed by atoms with Crippen molar-refractivity contribution in [3.63, 3.8) is 0 Å². The van der Waals surface area contributed by atoms with Crippen molar-refractivity contribution in [3.05, 3.63) is 71.3 Å². The van der Waals surface area contributed by atoms with Gasteiger partial charge in [0.05, 0.1) is 23.4 Å². The molecule has 33 heavy (non-hydrogen) atoms. The number of carbonyl (C=O) groups excluding carboxylic acids is 1. The van der Waals surface area contributed by atoms with Gasteiger partial charge in [-0.05, 0) is 48.7 Å². The smallest absolute Gasteiger partial charge is 0.273 e. The summed E-state index contributed by atoms with van der Waals surface area (Å²) in [5.41, 5.74) is 1.54. The summed E-state index contributed by atoms with van der Waals surface area (Å²) < 4.78 is 7.69. The highest BCUT2D eigenvalue weighted by molar-refractivity contribution is 7.13. The monoisotopic (exact) mass is 479 g/mol. The Morgan fingerprint density at radius 3 is 2.39 bits per heavy atom. The molecule has 8 heteroatoms. The fraction of sp³-hybridized carbons (Fsp3) is 0.320. The van der Waals surface area contributed by atoms with Gasteiger partial charge in [0.25, 0.3) is 11.5 Å². The van der Waals surface area contributed by atoms with E-state index in [1.807, 2.05) is 49.4 Å². The number of nitriles is 1. The molecule has 0 saturated carbocycles. The highest BCUT2D eigenvalue weighted by Gasteiger charge is 2.24. The molecule has 170 valence electrons. The van der Waals surface area contributed by atoms with Gasteiger partial charge in [-0.15, -0.1) is 22.7 Å². The van der Waals surface area contributed by atoms with Gasteiger partial charge in [-0.25, -0.2) is 0 Å². The molecular weight excluding hydrogens is 454 g/mol. The van der Waals surface area contributed by atoms with Gasteiger partial charge in [0.2, 0.25) is 0 Å². The number of ether oxygens (including phenoxy) is 1. The molecule has 0 atom stereocenters. The molecule has 4 rings (SSSR count). The van der Waals surface area contributed by atoms with Gasteiger partial charge < -0.3 is 9.64 Å². The lowest BCUT2D eigenvalue weighted by Crippen LogP contribution is -2.42. The molecule has 0 spiro atoms. The maximum absolute atomic E-state index is 13.5. The average Bonchev–Trinajstić information content (AvgIpc) is 3.37. The van der Waals surface area contributed by atoms with Crippen LogP contribution in [-0.2, 0) is 9.53 Å². The zero-order valence-corrected chi connectivity index (χ0v) is 20.5. The van der Waals surface area contributed by atoms with Gasteiger partial charge in [-0.2, -0.15) is 5.26 Å². The van der Waals surface area contributed by atoms with Crippen LogP contribution >= 0.6 is 22.7 Å². The molecule has 1 amide bonds. The van der Waals surface area contributed by atoms with Crippen LogP contribution in [0.1, 0.15) is 35.1 Å². The maximum Gasteiger partial charge on any atom is 0.273 e. The van der Waals surface area contributed by atoms with Crippen molar-refractivity contribution >= 4 is 40.2 Å². The third-order valence-electron chi connectivity index (χ3n) is 5.51. The van der Waals surface area contributed by atoms with Crippen molar-refractivity contribution in [2.24, 2.45) is 0 Å². The van der Waals surface area contributed by atoms with Crippen molar-refractivity contribution in [3.8, 4) is 11.8 Å². The highest BCUT2D eigenvalue weighted by Crippen LogP contribution is 2.17. The van der Waals surface area contributed by atoms with E-state index >= 15 is 0 Å². The molecule has 1 aliphatic heterocycles. The minimum Gasteiger partial charge on any atom is -0.378 e. The summed E-state index contributed by atoms with van der Waals surface area (Å²) in [5, 5.41) is 9.98. The number of morpholine rings is 1. The van der Waals surface area contributed by atoms with Crippen molar-refractivity contribution in [2.75, 3.05) is 26.3 Å². The van der Waals surface area contributed by atoms with E-state index < -0.39 is 0 Å². The van der Waals surface area contributed by atoms with Crippen LogP contribution in [0.3, 0.4) is 0 Å². The molecule has 1 fully saturated rings. The maximum atomic E-state index is 13.5. The van der Waals surface area contributed by atoms with E-state index in [9.17, 15) is 14.9 Å². The molecule has 0 aliphatic carbocycles. The van der Waals surface area contributed by atoms with E-state index in [0.29, 0.717) is 47.1 Å². The number of thiophene rings is 1. The van der Waals surface area contributed by atoms with Crippen LogP contribution in [0.15, 0.2) is 41.2 Å². The number of amides is 1. The SMILES string of the molecule is Cc1ccc(/C=c2/s/c(=C(/C#N)C(=O)N3CCOCC3)n(-c3ccc(C(C)C)cc3)c2=O)s1. The number of aromatic nitrogens is 1. The second kappa shape index (κ2) is 9.87. The first kappa shape index (κ1) is 23.2. The first-order chi connectivity index (χ1) is 15.9. The zero-order chi connectivity index (χ0) is 23.5. The molecule has 3 aromatic rings. The summed E-state index contributed by atoms with van der Waals surface area (Å²) in [6.45, 7) is 7.96. The Bertz CT molecular complexity index is 1380. The van der Waals surface area contributed by atoms with E-state index in [2.05, 4.69) is 19.9 Å². The van der Waals surface area contributed by atoms with E-state index in [0.717, 1.165) is 15.3 Å². The van der Waals surface area contributed by atoms with E-state index in [4.69, 9.17) is 4.74 Å². The molecule has 0 radical (unpaired) electrons. The minimum absolute atomic E-state index is 0.0195. The first-order valence-corrected chi connectivity index (χ1v) is 12.4. The second-order valence-electron chi connectivity index (χ2n) is 8.14. The van der Waals surface area contributed by atoms with Gasteiger partial charge in [-0.1, -0.05) is 26.0 Å². The Morgan fingerprint density at radius 1 is 1.12 bits per heavy atom. The number of benzene rings is 1. The molecule has 0 unspecified atom stereocenters. The molecular formula is C25H25N3O3S2. The predicted octanol–water partition coefficient (Wildman–Crippen LogP) is 2.75. The van der Waals surface area contributed by atoms with Crippen molar-refractivity contribution in [1.82, 2.24) is 9.47 Å². The number of hydrogen-bond donors (Lipinski definition) is 0. The van der Waals surface area contributed by atoms with Crippen LogP contribution in [0, 0.1) is 18.3 Å². The largest absolute Gasteiger partial charge is 0.378 e.